The van der Waals surface area contributed by atoms with Crippen molar-refractivity contribution in [2.24, 2.45) is 0 Å². The van der Waals surface area contributed by atoms with Gasteiger partial charge in [-0.15, -0.1) is 0 Å². The van der Waals surface area contributed by atoms with Gasteiger partial charge in [0.25, 0.3) is 11.9 Å². The van der Waals surface area contributed by atoms with Crippen LogP contribution in [0.1, 0.15) is 27.7 Å². The Labute approximate surface area is 125 Å². The molecule has 0 aromatic heterocycles. The van der Waals surface area contributed by atoms with Gasteiger partial charge in [0.05, 0.1) is 0 Å². The molecule has 0 spiro atoms. The Morgan fingerprint density at radius 2 is 1.43 bits per heavy atom. The lowest BCUT2D eigenvalue weighted by Gasteiger charge is -2.40. The predicted molar refractivity (Wildman–Crippen MR) is 73.6 cm³/mol. The monoisotopic (exact) mass is 344 g/mol. The van der Waals surface area contributed by atoms with Crippen LogP contribution in [-0.2, 0) is 32.4 Å². The second kappa shape index (κ2) is 8.74. The lowest BCUT2D eigenvalue weighted by atomic mass is 10.8. The molecule has 124 valence electrons. The Bertz CT molecular complexity index is 340. The maximum absolute atomic E-state index is 11.3. The molecule has 0 aliphatic carbocycles. The Kier molecular flexibility index (Phi) is 8.48. The lowest BCUT2D eigenvalue weighted by molar-refractivity contribution is -0.306. The van der Waals surface area contributed by atoms with Gasteiger partial charge in [-0.3, -0.25) is 14.1 Å². The van der Waals surface area contributed by atoms with Gasteiger partial charge >= 0.3 is 22.8 Å². The third-order valence-electron chi connectivity index (χ3n) is 2.10. The average Bonchev–Trinajstić information content (AvgIpc) is 2.25. The van der Waals surface area contributed by atoms with Crippen LogP contribution in [0.5, 0.6) is 0 Å². The normalized spacial score (nSPS) is 12.4. The lowest BCUT2D eigenvalue weighted by Crippen LogP contribution is -2.66. The topological polar surface area (TPSA) is 121 Å². The molecule has 0 bridgehead atoms. The molecule has 0 fully saturated rings. The van der Waals surface area contributed by atoms with Crippen molar-refractivity contribution < 1.29 is 42.2 Å². The van der Waals surface area contributed by atoms with Gasteiger partial charge < -0.3 is 28.1 Å². The molecular formula is C10H21O9PSi. The molecular weight excluding hydrogens is 323 g/mol. The molecule has 0 saturated carbocycles. The van der Waals surface area contributed by atoms with Crippen molar-refractivity contribution in [3.8, 4) is 0 Å². The molecule has 0 saturated heterocycles. The van der Waals surface area contributed by atoms with Crippen LogP contribution in [0.4, 0.5) is 0 Å². The van der Waals surface area contributed by atoms with Crippen LogP contribution in [0, 0.1) is 0 Å². The molecule has 0 unspecified atom stereocenters. The van der Waals surface area contributed by atoms with E-state index in [1.807, 2.05) is 0 Å². The van der Waals surface area contributed by atoms with E-state index in [-0.39, 0.29) is 13.2 Å². The van der Waals surface area contributed by atoms with E-state index in [0.29, 0.717) is 0 Å². The minimum atomic E-state index is -3.93. The summed E-state index contributed by atoms with van der Waals surface area (Å²) in [6.07, 6.45) is 0. The fourth-order valence-corrected chi connectivity index (χ4v) is 5.05. The largest absolute Gasteiger partial charge is 0.557 e. The molecule has 0 aliphatic rings. The zero-order valence-electron chi connectivity index (χ0n) is 12.6. The zero-order valence-corrected chi connectivity index (χ0v) is 14.5. The predicted octanol–water partition coefficient (Wildman–Crippen LogP) is 0.679. The van der Waals surface area contributed by atoms with Gasteiger partial charge in [-0.25, -0.2) is 0 Å². The number of rotatable bonds is 9. The molecule has 21 heavy (non-hydrogen) atoms. The van der Waals surface area contributed by atoms with Crippen molar-refractivity contribution in [2.75, 3.05) is 13.2 Å². The van der Waals surface area contributed by atoms with E-state index >= 15 is 0 Å². The Morgan fingerprint density at radius 3 is 1.67 bits per heavy atom. The standard InChI is InChI=1S/C10H21O9PSi/c1-6-15-10(16-7-2,19-20(13)14)21(5,17-8(3)11)18-9(4)12/h13-14H,6-7H2,1-5H3. The van der Waals surface area contributed by atoms with Crippen LogP contribution in [-0.4, -0.2) is 49.1 Å². The van der Waals surface area contributed by atoms with Gasteiger partial charge in [0.1, 0.15) is 0 Å². The highest BCUT2D eigenvalue weighted by atomic mass is 31.2. The molecule has 0 amide bonds. The highest BCUT2D eigenvalue weighted by Gasteiger charge is 2.66. The smallest absolute Gasteiger partial charge is 0.481 e. The van der Waals surface area contributed by atoms with Gasteiger partial charge in [0.2, 0.25) is 0 Å². The fraction of sp³-hybridized carbons (Fsp3) is 0.800. The summed E-state index contributed by atoms with van der Waals surface area (Å²) in [5.41, 5.74) is -2.18. The Hall–Kier alpha value is -0.613. The second-order valence-electron chi connectivity index (χ2n) is 3.90. The van der Waals surface area contributed by atoms with Crippen molar-refractivity contribution in [1.82, 2.24) is 0 Å². The molecule has 0 heterocycles. The molecule has 0 aromatic rings. The van der Waals surface area contributed by atoms with Crippen LogP contribution < -0.4 is 0 Å². The second-order valence-corrected chi connectivity index (χ2v) is 7.50. The SMILES string of the molecule is CCOC(OCC)(OP(O)O)[Si](C)(OC(C)=O)OC(C)=O. The Morgan fingerprint density at radius 1 is 1.05 bits per heavy atom. The third-order valence-corrected chi connectivity index (χ3v) is 5.54. The molecule has 9 nitrogen and oxygen atoms in total. The van der Waals surface area contributed by atoms with Crippen molar-refractivity contribution in [2.45, 2.75) is 39.8 Å². The van der Waals surface area contributed by atoms with Gasteiger partial charge in [-0.2, -0.15) is 0 Å². The summed E-state index contributed by atoms with van der Waals surface area (Å²) in [7, 11) is -6.85. The maximum Gasteiger partial charge on any atom is 0.557 e. The van der Waals surface area contributed by atoms with Crippen molar-refractivity contribution in [1.29, 1.82) is 0 Å². The van der Waals surface area contributed by atoms with Gasteiger partial charge in [-0.05, 0) is 13.8 Å². The highest BCUT2D eigenvalue weighted by Crippen LogP contribution is 2.41. The van der Waals surface area contributed by atoms with Crippen molar-refractivity contribution in [3.05, 3.63) is 0 Å². The summed E-state index contributed by atoms with van der Waals surface area (Å²) < 4.78 is 25.7. The van der Waals surface area contributed by atoms with Crippen molar-refractivity contribution in [3.63, 3.8) is 0 Å². The molecule has 0 rings (SSSR count). The van der Waals surface area contributed by atoms with E-state index in [0.717, 1.165) is 13.8 Å². The number of ether oxygens (including phenoxy) is 2. The quantitative estimate of drug-likeness (QED) is 0.353. The van der Waals surface area contributed by atoms with Crippen molar-refractivity contribution >= 4 is 29.1 Å². The molecule has 11 heteroatoms. The third kappa shape index (κ3) is 5.95. The fourth-order valence-electron chi connectivity index (χ4n) is 1.62. The first kappa shape index (κ1) is 20.4. The summed E-state index contributed by atoms with van der Waals surface area (Å²) in [6, 6.07) is 0. The zero-order chi connectivity index (χ0) is 16.7. The van der Waals surface area contributed by atoms with Crippen LogP contribution >= 0.6 is 8.60 Å². The van der Waals surface area contributed by atoms with Crippen LogP contribution in [0.15, 0.2) is 0 Å². The average molecular weight is 344 g/mol. The summed E-state index contributed by atoms with van der Waals surface area (Å²) >= 11 is 0. The van der Waals surface area contributed by atoms with E-state index in [9.17, 15) is 9.59 Å². The van der Waals surface area contributed by atoms with Gasteiger partial charge in [0, 0.05) is 33.6 Å². The number of hydrogen-bond donors (Lipinski definition) is 2. The van der Waals surface area contributed by atoms with E-state index in [1.54, 1.807) is 13.8 Å². The molecule has 0 aromatic carbocycles. The first-order valence-electron chi connectivity index (χ1n) is 6.16. The minimum Gasteiger partial charge on any atom is -0.481 e. The summed E-state index contributed by atoms with van der Waals surface area (Å²) in [5, 5.41) is 0. The summed E-state index contributed by atoms with van der Waals surface area (Å²) in [5.74, 6) is -1.50. The number of carbonyl (C=O) groups excluding carboxylic acids is 2. The molecule has 0 atom stereocenters. The van der Waals surface area contributed by atoms with E-state index < -0.39 is 34.7 Å². The van der Waals surface area contributed by atoms with E-state index in [2.05, 4.69) is 0 Å². The molecule has 0 aliphatic heterocycles. The first-order valence-corrected chi connectivity index (χ1v) is 9.64. The first-order chi connectivity index (χ1) is 9.62. The van der Waals surface area contributed by atoms with Crippen LogP contribution in [0.2, 0.25) is 6.55 Å². The molecule has 2 N–H and O–H groups in total. The van der Waals surface area contributed by atoms with Crippen LogP contribution in [0.25, 0.3) is 0 Å². The number of hydrogen-bond acceptors (Lipinski definition) is 9. The maximum atomic E-state index is 11.3. The Balaban J connectivity index is 5.80. The van der Waals surface area contributed by atoms with Crippen LogP contribution in [0.3, 0.4) is 0 Å². The van der Waals surface area contributed by atoms with Gasteiger partial charge in [-0.1, -0.05) is 0 Å². The minimum absolute atomic E-state index is 0.0221. The summed E-state index contributed by atoms with van der Waals surface area (Å²) in [4.78, 5) is 40.9. The molecule has 0 radical (unpaired) electrons. The van der Waals surface area contributed by atoms with E-state index in [1.165, 1.54) is 6.55 Å². The van der Waals surface area contributed by atoms with E-state index in [4.69, 9.17) is 32.6 Å². The number of carbonyl (C=O) groups is 2. The summed E-state index contributed by atoms with van der Waals surface area (Å²) in [6.45, 7) is 6.73. The highest BCUT2D eigenvalue weighted by molar-refractivity contribution is 7.39. The van der Waals surface area contributed by atoms with Gasteiger partial charge in [0.15, 0.2) is 0 Å².